The average molecular weight is 527 g/mol. The van der Waals surface area contributed by atoms with Crippen LogP contribution in [-0.2, 0) is 16.1 Å². The standard InChI is InChI=1S/C27H31BrN2O4/c1-4-5-16-29-27(32)19(2)30(17-20-10-13-22(33-3)14-11-20)25(31)18-34-24-15-12-21-8-6-7-9-23(21)26(24)28/h6-15,19H,4-5,16-18H2,1-3H3,(H,29,32)/t19-/m1/s1. The van der Waals surface area contributed by atoms with E-state index in [2.05, 4.69) is 28.2 Å². The van der Waals surface area contributed by atoms with Crippen molar-refractivity contribution in [2.24, 2.45) is 0 Å². The molecule has 1 N–H and O–H groups in total. The molecule has 0 aromatic heterocycles. The second-order valence-electron chi connectivity index (χ2n) is 8.08. The highest BCUT2D eigenvalue weighted by Crippen LogP contribution is 2.33. The van der Waals surface area contributed by atoms with Crippen LogP contribution in [0.4, 0.5) is 0 Å². The van der Waals surface area contributed by atoms with Gasteiger partial charge >= 0.3 is 0 Å². The molecule has 0 aliphatic heterocycles. The summed E-state index contributed by atoms with van der Waals surface area (Å²) in [6, 6.07) is 18.6. The Morgan fingerprint density at radius 2 is 1.79 bits per heavy atom. The van der Waals surface area contributed by atoms with Gasteiger partial charge in [-0.05, 0) is 63.8 Å². The summed E-state index contributed by atoms with van der Waals surface area (Å²) in [5.74, 6) is 0.865. The molecule has 3 rings (SSSR count). The zero-order valence-electron chi connectivity index (χ0n) is 19.8. The summed E-state index contributed by atoms with van der Waals surface area (Å²) < 4.78 is 11.9. The summed E-state index contributed by atoms with van der Waals surface area (Å²) in [5, 5.41) is 5.01. The minimum Gasteiger partial charge on any atom is -0.497 e. The number of benzene rings is 3. The summed E-state index contributed by atoms with van der Waals surface area (Å²) in [5.41, 5.74) is 0.897. The van der Waals surface area contributed by atoms with Crippen LogP contribution in [0, 0.1) is 0 Å². The molecule has 7 heteroatoms. The first-order valence-electron chi connectivity index (χ1n) is 11.4. The molecule has 0 saturated heterocycles. The molecule has 0 saturated carbocycles. The Balaban J connectivity index is 1.76. The van der Waals surface area contributed by atoms with Crippen molar-refractivity contribution in [2.45, 2.75) is 39.3 Å². The van der Waals surface area contributed by atoms with Crippen molar-refractivity contribution in [1.82, 2.24) is 10.2 Å². The minimum absolute atomic E-state index is 0.179. The number of ether oxygens (including phenoxy) is 2. The molecule has 2 amide bonds. The molecule has 0 radical (unpaired) electrons. The molecule has 180 valence electrons. The molecule has 1 atom stereocenters. The molecule has 0 aliphatic carbocycles. The molecule has 0 fully saturated rings. The molecule has 3 aromatic rings. The number of methoxy groups -OCH3 is 1. The van der Waals surface area contributed by atoms with Gasteiger partial charge in [-0.15, -0.1) is 0 Å². The van der Waals surface area contributed by atoms with E-state index in [1.165, 1.54) is 0 Å². The normalized spacial score (nSPS) is 11.6. The second kappa shape index (κ2) is 12.4. The third-order valence-corrected chi connectivity index (χ3v) is 6.51. The summed E-state index contributed by atoms with van der Waals surface area (Å²) in [6.45, 7) is 4.50. The lowest BCUT2D eigenvalue weighted by molar-refractivity contribution is -0.142. The van der Waals surface area contributed by atoms with E-state index in [-0.39, 0.29) is 25.0 Å². The molecule has 0 spiro atoms. The first kappa shape index (κ1) is 25.6. The Morgan fingerprint density at radius 1 is 1.06 bits per heavy atom. The number of halogens is 1. The molecule has 0 aliphatic rings. The number of carbonyl (C=O) groups is 2. The van der Waals surface area contributed by atoms with Gasteiger partial charge in [-0.3, -0.25) is 9.59 Å². The van der Waals surface area contributed by atoms with Gasteiger partial charge in [0.25, 0.3) is 5.91 Å². The Kier molecular flexibility index (Phi) is 9.33. The zero-order valence-corrected chi connectivity index (χ0v) is 21.4. The Labute approximate surface area is 209 Å². The highest BCUT2D eigenvalue weighted by atomic mass is 79.9. The van der Waals surface area contributed by atoms with Gasteiger partial charge in [0.05, 0.1) is 11.6 Å². The number of nitrogens with one attached hydrogen (secondary N) is 1. The molecular weight excluding hydrogens is 496 g/mol. The molecule has 34 heavy (non-hydrogen) atoms. The fourth-order valence-corrected chi connectivity index (χ4v) is 4.20. The summed E-state index contributed by atoms with van der Waals surface area (Å²) >= 11 is 3.60. The number of hydrogen-bond acceptors (Lipinski definition) is 4. The van der Waals surface area contributed by atoms with Gasteiger partial charge in [-0.1, -0.05) is 55.8 Å². The van der Waals surface area contributed by atoms with Gasteiger partial charge in [0.15, 0.2) is 6.61 Å². The monoisotopic (exact) mass is 526 g/mol. The predicted octanol–water partition coefficient (Wildman–Crippen LogP) is 5.32. The van der Waals surface area contributed by atoms with Gasteiger partial charge < -0.3 is 19.7 Å². The van der Waals surface area contributed by atoms with Crippen LogP contribution >= 0.6 is 15.9 Å². The fraction of sp³-hybridized carbons (Fsp3) is 0.333. The maximum Gasteiger partial charge on any atom is 0.261 e. The van der Waals surface area contributed by atoms with E-state index < -0.39 is 6.04 Å². The number of nitrogens with zero attached hydrogens (tertiary/aromatic N) is 1. The van der Waals surface area contributed by atoms with E-state index >= 15 is 0 Å². The molecule has 3 aromatic carbocycles. The van der Waals surface area contributed by atoms with Crippen molar-refractivity contribution in [3.05, 3.63) is 70.7 Å². The van der Waals surface area contributed by atoms with E-state index in [0.29, 0.717) is 12.3 Å². The van der Waals surface area contributed by atoms with Gasteiger partial charge in [-0.25, -0.2) is 0 Å². The van der Waals surface area contributed by atoms with Crippen LogP contribution in [0.25, 0.3) is 10.8 Å². The maximum absolute atomic E-state index is 13.3. The van der Waals surface area contributed by atoms with Gasteiger partial charge in [0.2, 0.25) is 5.91 Å². The third-order valence-electron chi connectivity index (χ3n) is 5.69. The first-order valence-corrected chi connectivity index (χ1v) is 12.2. The van der Waals surface area contributed by atoms with Gasteiger partial charge in [0.1, 0.15) is 17.5 Å². The van der Waals surface area contributed by atoms with Crippen LogP contribution in [0.5, 0.6) is 11.5 Å². The van der Waals surface area contributed by atoms with Crippen molar-refractivity contribution in [3.8, 4) is 11.5 Å². The van der Waals surface area contributed by atoms with Crippen LogP contribution < -0.4 is 14.8 Å². The lowest BCUT2D eigenvalue weighted by atomic mass is 10.1. The highest BCUT2D eigenvalue weighted by Gasteiger charge is 2.26. The van der Waals surface area contributed by atoms with E-state index in [4.69, 9.17) is 9.47 Å². The molecule has 0 heterocycles. The number of amides is 2. The zero-order chi connectivity index (χ0) is 24.5. The van der Waals surface area contributed by atoms with Crippen molar-refractivity contribution >= 4 is 38.5 Å². The molecule has 0 unspecified atom stereocenters. The highest BCUT2D eigenvalue weighted by molar-refractivity contribution is 9.10. The van der Waals surface area contributed by atoms with Gasteiger partial charge in [0, 0.05) is 13.1 Å². The third kappa shape index (κ3) is 6.50. The minimum atomic E-state index is -0.643. The summed E-state index contributed by atoms with van der Waals surface area (Å²) in [4.78, 5) is 27.6. The number of hydrogen-bond donors (Lipinski definition) is 1. The second-order valence-corrected chi connectivity index (χ2v) is 8.87. The van der Waals surface area contributed by atoms with Crippen LogP contribution in [0.1, 0.15) is 32.3 Å². The van der Waals surface area contributed by atoms with Gasteiger partial charge in [-0.2, -0.15) is 0 Å². The topological polar surface area (TPSA) is 67.9 Å². The van der Waals surface area contributed by atoms with E-state index in [0.717, 1.165) is 39.4 Å². The van der Waals surface area contributed by atoms with Crippen molar-refractivity contribution < 1.29 is 19.1 Å². The molecule has 6 nitrogen and oxygen atoms in total. The molecule has 0 bridgehead atoms. The Morgan fingerprint density at radius 3 is 2.50 bits per heavy atom. The largest absolute Gasteiger partial charge is 0.497 e. The van der Waals surface area contributed by atoms with Crippen molar-refractivity contribution in [3.63, 3.8) is 0 Å². The van der Waals surface area contributed by atoms with Crippen LogP contribution in [0.2, 0.25) is 0 Å². The number of carbonyl (C=O) groups excluding carboxylic acids is 2. The van der Waals surface area contributed by atoms with Crippen LogP contribution in [-0.4, -0.2) is 43.0 Å². The number of rotatable bonds is 11. The lowest BCUT2D eigenvalue weighted by Gasteiger charge is -2.29. The first-order chi connectivity index (χ1) is 16.4. The predicted molar refractivity (Wildman–Crippen MR) is 138 cm³/mol. The quantitative estimate of drug-likeness (QED) is 0.343. The lowest BCUT2D eigenvalue weighted by Crippen LogP contribution is -2.49. The SMILES string of the molecule is CCCCNC(=O)[C@@H](C)N(Cc1ccc(OC)cc1)C(=O)COc1ccc2ccccc2c1Br. The van der Waals surface area contributed by atoms with Crippen molar-refractivity contribution in [1.29, 1.82) is 0 Å². The number of fused-ring (bicyclic) bond motifs is 1. The smallest absolute Gasteiger partial charge is 0.261 e. The van der Waals surface area contributed by atoms with E-state index in [1.807, 2.05) is 60.7 Å². The fourth-order valence-electron chi connectivity index (χ4n) is 3.59. The molecular formula is C27H31BrN2O4. The van der Waals surface area contributed by atoms with E-state index in [1.54, 1.807) is 18.9 Å². The summed E-state index contributed by atoms with van der Waals surface area (Å²) in [7, 11) is 1.61. The van der Waals surface area contributed by atoms with Crippen LogP contribution in [0.3, 0.4) is 0 Å². The van der Waals surface area contributed by atoms with Crippen molar-refractivity contribution in [2.75, 3.05) is 20.3 Å². The van der Waals surface area contributed by atoms with Crippen LogP contribution in [0.15, 0.2) is 65.1 Å². The Bertz CT molecular complexity index is 1120. The maximum atomic E-state index is 13.3. The summed E-state index contributed by atoms with van der Waals surface area (Å²) in [6.07, 6.45) is 1.88. The average Bonchev–Trinajstić information content (AvgIpc) is 2.87. The number of unbranched alkanes of at least 4 members (excludes halogenated alkanes) is 1. The van der Waals surface area contributed by atoms with E-state index in [9.17, 15) is 9.59 Å². The Hall–Kier alpha value is -3.06.